The summed E-state index contributed by atoms with van der Waals surface area (Å²) in [7, 11) is -0.849. The fourth-order valence-electron chi connectivity index (χ4n) is 2.03. The van der Waals surface area contributed by atoms with Gasteiger partial charge in [0.25, 0.3) is 0 Å². The normalized spacial score (nSPS) is 11.0. The van der Waals surface area contributed by atoms with Crippen molar-refractivity contribution in [1.82, 2.24) is 0 Å². The van der Waals surface area contributed by atoms with E-state index in [1.807, 2.05) is 0 Å². The molecule has 0 fully saturated rings. The van der Waals surface area contributed by atoms with E-state index in [-0.39, 0.29) is 9.79 Å². The predicted molar refractivity (Wildman–Crippen MR) is 81.0 cm³/mol. The van der Waals surface area contributed by atoms with E-state index in [0.717, 1.165) is 0 Å². The molecule has 5 nitrogen and oxygen atoms in total. The third kappa shape index (κ3) is 2.96. The Kier molecular flexibility index (Phi) is 4.51. The average molecular weight is 320 g/mol. The van der Waals surface area contributed by atoms with Crippen LogP contribution in [-0.4, -0.2) is 28.6 Å². The average Bonchev–Trinajstić information content (AvgIpc) is 2.54. The van der Waals surface area contributed by atoms with Gasteiger partial charge in [-0.25, -0.2) is 13.2 Å². The number of carbonyl (C=O) groups is 1. The predicted octanol–water partition coefficient (Wildman–Crippen LogP) is 2.62. The van der Waals surface area contributed by atoms with Gasteiger partial charge < -0.3 is 9.47 Å². The molecule has 22 heavy (non-hydrogen) atoms. The molecule has 0 heterocycles. The molecule has 0 radical (unpaired) electrons. The first-order chi connectivity index (χ1) is 10.4. The number of carbonyl (C=O) groups excluding carboxylic acids is 1. The summed E-state index contributed by atoms with van der Waals surface area (Å²) in [6.45, 7) is 1.67. The number of hydrogen-bond acceptors (Lipinski definition) is 5. The van der Waals surface area contributed by atoms with Crippen molar-refractivity contribution in [3.05, 3.63) is 53.6 Å². The van der Waals surface area contributed by atoms with Gasteiger partial charge >= 0.3 is 5.97 Å². The minimum atomic E-state index is -3.64. The second kappa shape index (κ2) is 6.19. The van der Waals surface area contributed by atoms with Gasteiger partial charge in [-0.15, -0.1) is 0 Å². The molecule has 0 amide bonds. The van der Waals surface area contributed by atoms with Crippen molar-refractivity contribution in [2.75, 3.05) is 14.2 Å². The molecule has 0 aliphatic heterocycles. The number of rotatable bonds is 4. The lowest BCUT2D eigenvalue weighted by Crippen LogP contribution is -2.07. The summed E-state index contributed by atoms with van der Waals surface area (Å²) in [6, 6.07) is 10.5. The van der Waals surface area contributed by atoms with Crippen LogP contribution in [0.2, 0.25) is 0 Å². The van der Waals surface area contributed by atoms with E-state index in [1.54, 1.807) is 19.1 Å². The third-order valence-electron chi connectivity index (χ3n) is 3.28. The summed E-state index contributed by atoms with van der Waals surface area (Å²) in [5.74, 6) is 0.0852. The third-order valence-corrected chi connectivity index (χ3v) is 5.05. The number of aryl methyl sites for hydroxylation is 1. The Morgan fingerprint density at radius 1 is 0.955 bits per heavy atom. The molecule has 0 bridgehead atoms. The molecule has 2 aromatic carbocycles. The molecular weight excluding hydrogens is 304 g/mol. The van der Waals surface area contributed by atoms with Crippen LogP contribution < -0.4 is 4.74 Å². The second-order valence-corrected chi connectivity index (χ2v) is 6.60. The van der Waals surface area contributed by atoms with E-state index in [1.165, 1.54) is 44.6 Å². The van der Waals surface area contributed by atoms with Crippen molar-refractivity contribution < 1.29 is 22.7 Å². The van der Waals surface area contributed by atoms with Crippen molar-refractivity contribution in [2.45, 2.75) is 16.7 Å². The van der Waals surface area contributed by atoms with E-state index in [0.29, 0.717) is 16.9 Å². The molecule has 0 aromatic heterocycles. The van der Waals surface area contributed by atoms with Gasteiger partial charge in [-0.05, 0) is 55.0 Å². The summed E-state index contributed by atoms with van der Waals surface area (Å²) in [5, 5.41) is 0. The van der Waals surface area contributed by atoms with Crippen molar-refractivity contribution in [1.29, 1.82) is 0 Å². The van der Waals surface area contributed by atoms with Crippen LogP contribution in [0.4, 0.5) is 0 Å². The number of methoxy groups -OCH3 is 2. The molecule has 0 saturated heterocycles. The first-order valence-electron chi connectivity index (χ1n) is 6.48. The topological polar surface area (TPSA) is 69.7 Å². The molecule has 0 spiro atoms. The zero-order valence-electron chi connectivity index (χ0n) is 12.5. The van der Waals surface area contributed by atoms with Crippen LogP contribution in [0.5, 0.6) is 5.75 Å². The lowest BCUT2D eigenvalue weighted by Gasteiger charge is -2.09. The molecule has 0 unspecified atom stereocenters. The number of hydrogen-bond donors (Lipinski definition) is 0. The first-order valence-corrected chi connectivity index (χ1v) is 7.96. The maximum Gasteiger partial charge on any atom is 0.338 e. The molecule has 2 rings (SSSR count). The molecule has 0 N–H and O–H groups in total. The summed E-state index contributed by atoms with van der Waals surface area (Å²) < 4.78 is 34.8. The van der Waals surface area contributed by atoms with E-state index in [2.05, 4.69) is 4.74 Å². The Morgan fingerprint density at radius 2 is 1.55 bits per heavy atom. The van der Waals surface area contributed by atoms with Gasteiger partial charge in [0.2, 0.25) is 9.84 Å². The quantitative estimate of drug-likeness (QED) is 0.810. The zero-order valence-corrected chi connectivity index (χ0v) is 13.3. The van der Waals surface area contributed by atoms with Crippen LogP contribution >= 0.6 is 0 Å². The van der Waals surface area contributed by atoms with Gasteiger partial charge in [0.1, 0.15) is 5.75 Å². The smallest absolute Gasteiger partial charge is 0.338 e. The van der Waals surface area contributed by atoms with Crippen molar-refractivity contribution in [3.8, 4) is 5.75 Å². The number of ether oxygens (including phenoxy) is 2. The standard InChI is InChI=1S/C16H16O5S/c1-11-10-14(8-9-15(11)16(17)21-3)22(18,19)13-6-4-12(20-2)5-7-13/h4-10H,1-3H3. The summed E-state index contributed by atoms with van der Waals surface area (Å²) in [5.41, 5.74) is 0.887. The number of esters is 1. The zero-order chi connectivity index (χ0) is 16.3. The Morgan fingerprint density at radius 3 is 2.05 bits per heavy atom. The number of benzene rings is 2. The Balaban J connectivity index is 2.45. The highest BCUT2D eigenvalue weighted by Gasteiger charge is 2.20. The summed E-state index contributed by atoms with van der Waals surface area (Å²) in [6.07, 6.45) is 0. The lowest BCUT2D eigenvalue weighted by molar-refractivity contribution is 0.0600. The largest absolute Gasteiger partial charge is 0.497 e. The Bertz CT molecular complexity index is 792. The minimum absolute atomic E-state index is 0.128. The molecule has 0 saturated carbocycles. The van der Waals surface area contributed by atoms with E-state index >= 15 is 0 Å². The van der Waals surface area contributed by atoms with Crippen molar-refractivity contribution >= 4 is 15.8 Å². The molecule has 116 valence electrons. The molecule has 6 heteroatoms. The van der Waals surface area contributed by atoms with E-state index < -0.39 is 15.8 Å². The Hall–Kier alpha value is -2.34. The SMILES string of the molecule is COC(=O)c1ccc(S(=O)(=O)c2ccc(OC)cc2)cc1C. The summed E-state index contributed by atoms with van der Waals surface area (Å²) >= 11 is 0. The molecule has 0 aliphatic rings. The molecule has 0 aliphatic carbocycles. The maximum absolute atomic E-state index is 12.6. The van der Waals surface area contributed by atoms with Gasteiger partial charge in [-0.1, -0.05) is 0 Å². The highest BCUT2D eigenvalue weighted by atomic mass is 32.2. The lowest BCUT2D eigenvalue weighted by atomic mass is 10.1. The van der Waals surface area contributed by atoms with Crippen LogP contribution in [0.25, 0.3) is 0 Å². The van der Waals surface area contributed by atoms with Gasteiger partial charge in [0, 0.05) is 0 Å². The number of sulfone groups is 1. The summed E-state index contributed by atoms with van der Waals surface area (Å²) in [4.78, 5) is 11.8. The van der Waals surface area contributed by atoms with Crippen LogP contribution in [-0.2, 0) is 14.6 Å². The van der Waals surface area contributed by atoms with E-state index in [9.17, 15) is 13.2 Å². The van der Waals surface area contributed by atoms with Crippen LogP contribution in [0, 0.1) is 6.92 Å². The Labute approximate surface area is 129 Å². The van der Waals surface area contributed by atoms with Gasteiger partial charge in [-0.2, -0.15) is 0 Å². The highest BCUT2D eigenvalue weighted by Crippen LogP contribution is 2.25. The second-order valence-electron chi connectivity index (χ2n) is 4.65. The van der Waals surface area contributed by atoms with Crippen LogP contribution in [0.15, 0.2) is 52.3 Å². The van der Waals surface area contributed by atoms with Gasteiger partial charge in [-0.3, -0.25) is 0 Å². The monoisotopic (exact) mass is 320 g/mol. The van der Waals surface area contributed by atoms with Crippen LogP contribution in [0.3, 0.4) is 0 Å². The maximum atomic E-state index is 12.6. The van der Waals surface area contributed by atoms with Crippen molar-refractivity contribution in [2.24, 2.45) is 0 Å². The van der Waals surface area contributed by atoms with Crippen molar-refractivity contribution in [3.63, 3.8) is 0 Å². The molecule has 2 aromatic rings. The van der Waals surface area contributed by atoms with Gasteiger partial charge in [0.15, 0.2) is 0 Å². The van der Waals surface area contributed by atoms with E-state index in [4.69, 9.17) is 4.74 Å². The molecular formula is C16H16O5S. The first kappa shape index (κ1) is 16.0. The molecule has 0 atom stereocenters. The van der Waals surface area contributed by atoms with Crippen LogP contribution in [0.1, 0.15) is 15.9 Å². The highest BCUT2D eigenvalue weighted by molar-refractivity contribution is 7.91. The fourth-order valence-corrected chi connectivity index (χ4v) is 3.38. The minimum Gasteiger partial charge on any atom is -0.497 e. The fraction of sp³-hybridized carbons (Fsp3) is 0.188. The van der Waals surface area contributed by atoms with Gasteiger partial charge in [0.05, 0.1) is 29.6 Å².